The number of hydrogen-bond acceptors (Lipinski definition) is 5. The molecule has 0 saturated carbocycles. The van der Waals surface area contributed by atoms with Gasteiger partial charge in [-0.05, 0) is 37.5 Å². The van der Waals surface area contributed by atoms with Gasteiger partial charge in [0.05, 0.1) is 18.9 Å². The van der Waals surface area contributed by atoms with Gasteiger partial charge in [0.1, 0.15) is 5.75 Å². The summed E-state index contributed by atoms with van der Waals surface area (Å²) in [6, 6.07) is 16.5. The third-order valence-corrected chi connectivity index (χ3v) is 5.11. The zero-order valence-corrected chi connectivity index (χ0v) is 17.7. The fraction of sp³-hybridized carbons (Fsp3) is 0.375. The van der Waals surface area contributed by atoms with E-state index in [1.54, 1.807) is 36.1 Å². The van der Waals surface area contributed by atoms with Crippen molar-refractivity contribution in [3.05, 3.63) is 60.2 Å². The van der Waals surface area contributed by atoms with Crippen LogP contribution in [0.3, 0.4) is 0 Å². The number of hydrogen-bond donors (Lipinski definition) is 1. The minimum absolute atomic E-state index is 0.0399. The maximum absolute atomic E-state index is 12.8. The smallest absolute Gasteiger partial charge is 0.344 e. The number of carbonyl (C=O) groups is 3. The molecule has 0 radical (unpaired) electrons. The number of carbonyl (C=O) groups excluding carboxylic acids is 3. The fourth-order valence-corrected chi connectivity index (χ4v) is 3.55. The molecule has 0 spiro atoms. The Bertz CT molecular complexity index is 900. The molecule has 164 valence electrons. The number of ether oxygens (including phenoxy) is 2. The molecule has 1 saturated heterocycles. The number of esters is 1. The maximum Gasteiger partial charge on any atom is 0.344 e. The Hall–Kier alpha value is -3.35. The molecule has 0 aromatic heterocycles. The first-order valence-corrected chi connectivity index (χ1v) is 10.6. The maximum atomic E-state index is 12.8. The summed E-state index contributed by atoms with van der Waals surface area (Å²) in [5, 5.41) is 2.90. The first-order chi connectivity index (χ1) is 15.0. The van der Waals surface area contributed by atoms with Crippen LogP contribution >= 0.6 is 0 Å². The van der Waals surface area contributed by atoms with Crippen molar-refractivity contribution in [2.75, 3.05) is 31.6 Å². The van der Waals surface area contributed by atoms with Crippen molar-refractivity contribution in [1.82, 2.24) is 4.90 Å². The first kappa shape index (κ1) is 22.3. The summed E-state index contributed by atoms with van der Waals surface area (Å²) in [6.45, 7) is 2.93. The van der Waals surface area contributed by atoms with Crippen LogP contribution in [0.5, 0.6) is 5.75 Å². The van der Waals surface area contributed by atoms with E-state index in [0.717, 1.165) is 18.4 Å². The van der Waals surface area contributed by atoms with E-state index in [-0.39, 0.29) is 24.3 Å². The van der Waals surface area contributed by atoms with Gasteiger partial charge in [-0.2, -0.15) is 0 Å². The van der Waals surface area contributed by atoms with Crippen molar-refractivity contribution < 1.29 is 23.9 Å². The van der Waals surface area contributed by atoms with E-state index < -0.39 is 5.97 Å². The molecule has 1 aliphatic rings. The average molecular weight is 424 g/mol. The van der Waals surface area contributed by atoms with Gasteiger partial charge in [-0.15, -0.1) is 0 Å². The molecule has 2 aromatic rings. The van der Waals surface area contributed by atoms with E-state index in [1.165, 1.54) is 0 Å². The van der Waals surface area contributed by atoms with E-state index in [2.05, 4.69) is 5.32 Å². The van der Waals surface area contributed by atoms with Crippen LogP contribution in [0, 0.1) is 5.92 Å². The number of nitrogens with one attached hydrogen (secondary N) is 1. The zero-order valence-electron chi connectivity index (χ0n) is 17.7. The molecule has 1 aliphatic heterocycles. The minimum Gasteiger partial charge on any atom is -0.482 e. The van der Waals surface area contributed by atoms with E-state index in [9.17, 15) is 14.4 Å². The van der Waals surface area contributed by atoms with Crippen molar-refractivity contribution >= 4 is 23.5 Å². The van der Waals surface area contributed by atoms with Crippen LogP contribution < -0.4 is 10.1 Å². The molecule has 2 amide bonds. The lowest BCUT2D eigenvalue weighted by molar-refractivity contribution is -0.145. The van der Waals surface area contributed by atoms with Crippen LogP contribution in [0.25, 0.3) is 0 Å². The summed E-state index contributed by atoms with van der Waals surface area (Å²) >= 11 is 0. The molecule has 1 fully saturated rings. The molecule has 2 aromatic carbocycles. The summed E-state index contributed by atoms with van der Waals surface area (Å²) in [7, 11) is 0. The molecular formula is C24H28N2O5. The quantitative estimate of drug-likeness (QED) is 0.659. The van der Waals surface area contributed by atoms with Crippen LogP contribution in [-0.2, 0) is 25.5 Å². The molecule has 1 atom stereocenters. The lowest BCUT2D eigenvalue weighted by Crippen LogP contribution is -2.44. The number of amides is 2. The Morgan fingerprint density at radius 1 is 1.10 bits per heavy atom. The number of anilines is 1. The van der Waals surface area contributed by atoms with Crippen molar-refractivity contribution in [1.29, 1.82) is 0 Å². The summed E-state index contributed by atoms with van der Waals surface area (Å²) in [6.07, 6.45) is 1.87. The van der Waals surface area contributed by atoms with Gasteiger partial charge in [0, 0.05) is 24.8 Å². The highest BCUT2D eigenvalue weighted by atomic mass is 16.6. The SMILES string of the molecule is CCOC(=O)COc1cccc(NC(=O)C2CCCN(C(=O)Cc3ccccc3)C2)c1. The third kappa shape index (κ3) is 6.84. The third-order valence-electron chi connectivity index (χ3n) is 5.11. The van der Waals surface area contributed by atoms with Crippen molar-refractivity contribution in [2.24, 2.45) is 5.92 Å². The van der Waals surface area contributed by atoms with Gasteiger partial charge in [0.25, 0.3) is 0 Å². The highest BCUT2D eigenvalue weighted by molar-refractivity contribution is 5.93. The van der Waals surface area contributed by atoms with Crippen LogP contribution in [-0.4, -0.2) is 49.0 Å². The Balaban J connectivity index is 1.53. The van der Waals surface area contributed by atoms with Gasteiger partial charge >= 0.3 is 5.97 Å². The number of likely N-dealkylation sites (tertiary alicyclic amines) is 1. The molecule has 7 heteroatoms. The van der Waals surface area contributed by atoms with Crippen molar-refractivity contribution in [2.45, 2.75) is 26.2 Å². The summed E-state index contributed by atoms with van der Waals surface area (Å²) in [4.78, 5) is 38.7. The van der Waals surface area contributed by atoms with Gasteiger partial charge in [0.2, 0.25) is 11.8 Å². The van der Waals surface area contributed by atoms with Gasteiger partial charge in [-0.3, -0.25) is 9.59 Å². The van der Waals surface area contributed by atoms with E-state index in [0.29, 0.717) is 37.6 Å². The number of benzene rings is 2. The van der Waals surface area contributed by atoms with Gasteiger partial charge in [-0.25, -0.2) is 4.79 Å². The molecule has 31 heavy (non-hydrogen) atoms. The van der Waals surface area contributed by atoms with E-state index >= 15 is 0 Å². The second kappa shape index (κ2) is 11.2. The molecule has 0 aliphatic carbocycles. The van der Waals surface area contributed by atoms with Crippen LogP contribution in [0.4, 0.5) is 5.69 Å². The standard InChI is InChI=1S/C24H28N2O5/c1-2-30-23(28)17-31-21-12-6-11-20(15-21)25-24(29)19-10-7-13-26(16-19)22(27)14-18-8-4-3-5-9-18/h3-6,8-9,11-12,15,19H,2,7,10,13-14,16-17H2,1H3,(H,25,29). The topological polar surface area (TPSA) is 84.9 Å². The second-order valence-corrected chi connectivity index (χ2v) is 7.45. The molecule has 0 bridgehead atoms. The highest BCUT2D eigenvalue weighted by Crippen LogP contribution is 2.22. The Labute approximate surface area is 182 Å². The van der Waals surface area contributed by atoms with Crippen LogP contribution in [0.1, 0.15) is 25.3 Å². The first-order valence-electron chi connectivity index (χ1n) is 10.6. The Morgan fingerprint density at radius 3 is 2.68 bits per heavy atom. The Kier molecular flexibility index (Phi) is 8.04. The molecule has 3 rings (SSSR count). The predicted octanol–water partition coefficient (Wildman–Crippen LogP) is 3.05. The number of rotatable bonds is 8. The molecule has 1 unspecified atom stereocenters. The summed E-state index contributed by atoms with van der Waals surface area (Å²) < 4.78 is 10.3. The highest BCUT2D eigenvalue weighted by Gasteiger charge is 2.28. The monoisotopic (exact) mass is 424 g/mol. The van der Waals surface area contributed by atoms with Crippen molar-refractivity contribution in [3.63, 3.8) is 0 Å². The van der Waals surface area contributed by atoms with E-state index in [1.807, 2.05) is 30.3 Å². The van der Waals surface area contributed by atoms with Crippen molar-refractivity contribution in [3.8, 4) is 5.75 Å². The fourth-order valence-electron chi connectivity index (χ4n) is 3.55. The largest absolute Gasteiger partial charge is 0.482 e. The zero-order chi connectivity index (χ0) is 22.1. The lowest BCUT2D eigenvalue weighted by atomic mass is 9.96. The average Bonchev–Trinajstić information content (AvgIpc) is 2.79. The molecule has 7 nitrogen and oxygen atoms in total. The summed E-state index contributed by atoms with van der Waals surface area (Å²) in [5.41, 5.74) is 1.55. The minimum atomic E-state index is -0.445. The van der Waals surface area contributed by atoms with Gasteiger partial charge in [0.15, 0.2) is 6.61 Å². The van der Waals surface area contributed by atoms with Crippen LogP contribution in [0.15, 0.2) is 54.6 Å². The van der Waals surface area contributed by atoms with Gasteiger partial charge in [-0.1, -0.05) is 36.4 Å². The van der Waals surface area contributed by atoms with Crippen LogP contribution in [0.2, 0.25) is 0 Å². The predicted molar refractivity (Wildman–Crippen MR) is 117 cm³/mol. The van der Waals surface area contributed by atoms with Gasteiger partial charge < -0.3 is 19.7 Å². The second-order valence-electron chi connectivity index (χ2n) is 7.45. The normalized spacial score (nSPS) is 15.8. The lowest BCUT2D eigenvalue weighted by Gasteiger charge is -2.32. The number of nitrogens with zero attached hydrogens (tertiary/aromatic N) is 1. The number of piperidine rings is 1. The van der Waals surface area contributed by atoms with E-state index in [4.69, 9.17) is 9.47 Å². The molecule has 1 heterocycles. The molecular weight excluding hydrogens is 396 g/mol. The molecule has 1 N–H and O–H groups in total. The summed E-state index contributed by atoms with van der Waals surface area (Å²) in [5.74, 6) is -0.330. The Morgan fingerprint density at radius 2 is 1.90 bits per heavy atom.